The van der Waals surface area contributed by atoms with Gasteiger partial charge in [-0.15, -0.1) is 0 Å². The molecular formula is C19H20ClFN4O3S. The third-order valence-corrected chi connectivity index (χ3v) is 6.28. The predicted octanol–water partition coefficient (Wildman–Crippen LogP) is 3.93. The second-order valence-electron chi connectivity index (χ2n) is 6.65. The maximum atomic E-state index is 14.1. The number of anilines is 3. The van der Waals surface area contributed by atoms with Crippen LogP contribution in [0, 0.1) is 12.7 Å². The van der Waals surface area contributed by atoms with Gasteiger partial charge in [-0.1, -0.05) is 18.5 Å². The lowest BCUT2D eigenvalue weighted by Crippen LogP contribution is -2.18. The summed E-state index contributed by atoms with van der Waals surface area (Å²) in [6.45, 7) is 3.47. The lowest BCUT2D eigenvalue weighted by Gasteiger charge is -2.16. The predicted molar refractivity (Wildman–Crippen MR) is 114 cm³/mol. The molecular weight excluding hydrogens is 419 g/mol. The van der Waals surface area contributed by atoms with E-state index in [0.29, 0.717) is 28.6 Å². The van der Waals surface area contributed by atoms with Crippen LogP contribution in [0.5, 0.6) is 0 Å². The molecule has 0 spiro atoms. The van der Waals surface area contributed by atoms with Gasteiger partial charge in [0.15, 0.2) is 0 Å². The zero-order valence-electron chi connectivity index (χ0n) is 16.1. The van der Waals surface area contributed by atoms with Crippen molar-refractivity contribution in [2.45, 2.75) is 20.3 Å². The van der Waals surface area contributed by atoms with Crippen LogP contribution in [0.2, 0.25) is 5.02 Å². The van der Waals surface area contributed by atoms with Gasteiger partial charge in [0, 0.05) is 12.7 Å². The number of aryl methyl sites for hydroxylation is 2. The van der Waals surface area contributed by atoms with Crippen LogP contribution in [0.4, 0.5) is 21.5 Å². The van der Waals surface area contributed by atoms with Crippen LogP contribution in [-0.2, 0) is 17.1 Å². The summed E-state index contributed by atoms with van der Waals surface area (Å²) < 4.78 is 41.9. The van der Waals surface area contributed by atoms with Gasteiger partial charge in [-0.05, 0) is 43.2 Å². The van der Waals surface area contributed by atoms with Gasteiger partial charge in [-0.25, -0.2) is 17.8 Å². The number of benzene rings is 2. The lowest BCUT2D eigenvalue weighted by atomic mass is 10.1. The second kappa shape index (κ2) is 8.00. The summed E-state index contributed by atoms with van der Waals surface area (Å²) in [5.74, 6) is -0.773. The van der Waals surface area contributed by atoms with Gasteiger partial charge in [0.2, 0.25) is 10.0 Å². The van der Waals surface area contributed by atoms with E-state index >= 15 is 0 Å². The first-order chi connectivity index (χ1) is 13.6. The summed E-state index contributed by atoms with van der Waals surface area (Å²) in [6, 6.07) is 5.55. The number of hydrogen-bond donors (Lipinski definition) is 2. The van der Waals surface area contributed by atoms with E-state index in [1.165, 1.54) is 10.9 Å². The number of aromatic nitrogens is 2. The van der Waals surface area contributed by atoms with Crippen LogP contribution in [0.25, 0.3) is 10.9 Å². The molecule has 0 aliphatic carbocycles. The molecule has 0 atom stereocenters. The fourth-order valence-corrected chi connectivity index (χ4v) is 4.37. The molecule has 0 aliphatic rings. The maximum Gasteiger partial charge on any atom is 0.261 e. The summed E-state index contributed by atoms with van der Waals surface area (Å²) in [5.41, 5.74) is 1.58. The number of sulfonamides is 1. The van der Waals surface area contributed by atoms with Gasteiger partial charge >= 0.3 is 0 Å². The maximum absolute atomic E-state index is 14.1. The molecule has 0 amide bonds. The van der Waals surface area contributed by atoms with E-state index in [-0.39, 0.29) is 27.7 Å². The second-order valence-corrected chi connectivity index (χ2v) is 8.87. The Morgan fingerprint density at radius 1 is 1.21 bits per heavy atom. The molecule has 10 heteroatoms. The minimum atomic E-state index is -3.64. The van der Waals surface area contributed by atoms with Crippen LogP contribution in [0.15, 0.2) is 35.4 Å². The van der Waals surface area contributed by atoms with Crippen LogP contribution in [0.1, 0.15) is 18.9 Å². The normalized spacial score (nSPS) is 11.6. The Morgan fingerprint density at radius 2 is 1.90 bits per heavy atom. The monoisotopic (exact) mass is 438 g/mol. The largest absolute Gasteiger partial charge is 0.354 e. The van der Waals surface area contributed by atoms with E-state index < -0.39 is 15.8 Å². The molecule has 0 fully saturated rings. The molecule has 3 rings (SSSR count). The van der Waals surface area contributed by atoms with Gasteiger partial charge in [-0.2, -0.15) is 0 Å². The lowest BCUT2D eigenvalue weighted by molar-refractivity contribution is 0.599. The summed E-state index contributed by atoms with van der Waals surface area (Å²) >= 11 is 6.33. The summed E-state index contributed by atoms with van der Waals surface area (Å²) in [7, 11) is -2.04. The first kappa shape index (κ1) is 21.1. The molecule has 7 nitrogen and oxygen atoms in total. The van der Waals surface area contributed by atoms with E-state index in [1.54, 1.807) is 33.0 Å². The summed E-state index contributed by atoms with van der Waals surface area (Å²) in [5, 5.41) is 3.44. The SMILES string of the molecule is CCCS(=O)(=O)Nc1cc(F)cc(Nc2ccc3ncn(C)c(=O)c3c2C)c1Cl. The average Bonchev–Trinajstić information content (AvgIpc) is 2.63. The molecule has 2 N–H and O–H groups in total. The molecule has 2 aromatic carbocycles. The van der Waals surface area contributed by atoms with Gasteiger partial charge in [-0.3, -0.25) is 9.52 Å². The molecule has 0 aliphatic heterocycles. The van der Waals surface area contributed by atoms with Crippen LogP contribution in [-0.4, -0.2) is 23.7 Å². The van der Waals surface area contributed by atoms with Crippen molar-refractivity contribution in [3.8, 4) is 0 Å². The van der Waals surface area contributed by atoms with Gasteiger partial charge in [0.1, 0.15) is 5.82 Å². The fourth-order valence-electron chi connectivity index (χ4n) is 2.97. The van der Waals surface area contributed by atoms with Crippen molar-refractivity contribution in [3.05, 3.63) is 57.3 Å². The van der Waals surface area contributed by atoms with Crippen molar-refractivity contribution in [1.29, 1.82) is 0 Å². The number of nitrogens with zero attached hydrogens (tertiary/aromatic N) is 2. The van der Waals surface area contributed by atoms with Gasteiger partial charge in [0.05, 0.1) is 39.4 Å². The molecule has 0 unspecified atom stereocenters. The Balaban J connectivity index is 2.06. The number of rotatable bonds is 6. The average molecular weight is 439 g/mol. The highest BCUT2D eigenvalue weighted by Crippen LogP contribution is 2.35. The summed E-state index contributed by atoms with van der Waals surface area (Å²) in [6.07, 6.45) is 1.85. The van der Waals surface area contributed by atoms with Crippen molar-refractivity contribution >= 4 is 49.6 Å². The Hall–Kier alpha value is -2.65. The Kier molecular flexibility index (Phi) is 5.81. The molecule has 1 heterocycles. The van der Waals surface area contributed by atoms with Crippen molar-refractivity contribution in [3.63, 3.8) is 0 Å². The Morgan fingerprint density at radius 3 is 2.59 bits per heavy atom. The minimum Gasteiger partial charge on any atom is -0.354 e. The minimum absolute atomic E-state index is 0.0182. The van der Waals surface area contributed by atoms with E-state index in [2.05, 4.69) is 15.0 Å². The smallest absolute Gasteiger partial charge is 0.261 e. The zero-order chi connectivity index (χ0) is 21.3. The van der Waals surface area contributed by atoms with E-state index in [4.69, 9.17) is 11.6 Å². The number of halogens is 2. The fraction of sp³-hybridized carbons (Fsp3) is 0.263. The van der Waals surface area contributed by atoms with Gasteiger partial charge < -0.3 is 9.88 Å². The van der Waals surface area contributed by atoms with Crippen molar-refractivity contribution in [2.24, 2.45) is 7.05 Å². The number of nitrogens with one attached hydrogen (secondary N) is 2. The molecule has 0 saturated carbocycles. The van der Waals surface area contributed by atoms with Gasteiger partial charge in [0.25, 0.3) is 5.56 Å². The van der Waals surface area contributed by atoms with Crippen LogP contribution < -0.4 is 15.6 Å². The molecule has 29 heavy (non-hydrogen) atoms. The van der Waals surface area contributed by atoms with E-state index in [9.17, 15) is 17.6 Å². The first-order valence-corrected chi connectivity index (χ1v) is 10.9. The Bertz CT molecular complexity index is 1260. The van der Waals surface area contributed by atoms with E-state index in [1.807, 2.05) is 0 Å². The molecule has 0 radical (unpaired) electrons. The highest BCUT2D eigenvalue weighted by atomic mass is 35.5. The molecule has 154 valence electrons. The molecule has 3 aromatic rings. The topological polar surface area (TPSA) is 93.1 Å². The first-order valence-electron chi connectivity index (χ1n) is 8.84. The van der Waals surface area contributed by atoms with Crippen LogP contribution in [0.3, 0.4) is 0 Å². The summed E-state index contributed by atoms with van der Waals surface area (Å²) in [4.78, 5) is 16.7. The number of hydrogen-bond acceptors (Lipinski definition) is 5. The third-order valence-electron chi connectivity index (χ3n) is 4.39. The number of fused-ring (bicyclic) bond motifs is 1. The quantitative estimate of drug-likeness (QED) is 0.608. The molecule has 0 saturated heterocycles. The molecule has 1 aromatic heterocycles. The Labute approximate surface area is 172 Å². The van der Waals surface area contributed by atoms with Crippen molar-refractivity contribution in [1.82, 2.24) is 9.55 Å². The highest BCUT2D eigenvalue weighted by Gasteiger charge is 2.17. The zero-order valence-corrected chi connectivity index (χ0v) is 17.7. The molecule has 0 bridgehead atoms. The third kappa shape index (κ3) is 4.35. The van der Waals surface area contributed by atoms with E-state index in [0.717, 1.165) is 12.1 Å². The van der Waals surface area contributed by atoms with Crippen molar-refractivity contribution in [2.75, 3.05) is 15.8 Å². The van der Waals surface area contributed by atoms with Crippen LogP contribution >= 0.6 is 11.6 Å². The highest BCUT2D eigenvalue weighted by molar-refractivity contribution is 7.92. The standard InChI is InChI=1S/C19H20ClFN4O3S/c1-4-7-29(27,28)24-16-9-12(21)8-15(18(16)20)23-13-5-6-14-17(11(13)2)19(26)25(3)10-22-14/h5-6,8-10,23-24H,4,7H2,1-3H3. The van der Waals surface area contributed by atoms with Crippen molar-refractivity contribution < 1.29 is 12.8 Å².